The van der Waals surface area contributed by atoms with Gasteiger partial charge < -0.3 is 9.80 Å². The van der Waals surface area contributed by atoms with E-state index < -0.39 is 0 Å². The minimum absolute atomic E-state index is 0.207. The van der Waals surface area contributed by atoms with Gasteiger partial charge in [0, 0.05) is 44.2 Å². The van der Waals surface area contributed by atoms with E-state index in [4.69, 9.17) is 0 Å². The summed E-state index contributed by atoms with van der Waals surface area (Å²) in [5, 5.41) is 0. The fraction of sp³-hybridized carbons (Fsp3) is 0.562. The maximum Gasteiger partial charge on any atom is 0.167 e. The number of fused-ring (bicyclic) bond motifs is 1. The SMILES string of the molecule is CN1CCN(C[C@H]2CCc3ccccc3C2=O)CC1. The molecule has 1 heterocycles. The lowest BCUT2D eigenvalue weighted by atomic mass is 9.82. The predicted octanol–water partition coefficient (Wildman–Crippen LogP) is 1.68. The highest BCUT2D eigenvalue weighted by molar-refractivity contribution is 6.00. The summed E-state index contributed by atoms with van der Waals surface area (Å²) >= 11 is 0. The van der Waals surface area contributed by atoms with Crippen molar-refractivity contribution >= 4 is 5.78 Å². The van der Waals surface area contributed by atoms with Gasteiger partial charge in [0.05, 0.1) is 0 Å². The third-order valence-electron chi connectivity index (χ3n) is 4.49. The predicted molar refractivity (Wildman–Crippen MR) is 76.5 cm³/mol. The van der Waals surface area contributed by atoms with E-state index in [1.807, 2.05) is 18.2 Å². The van der Waals surface area contributed by atoms with Crippen LogP contribution in [0.15, 0.2) is 24.3 Å². The van der Waals surface area contributed by atoms with Crippen molar-refractivity contribution < 1.29 is 4.79 Å². The van der Waals surface area contributed by atoms with E-state index >= 15 is 0 Å². The monoisotopic (exact) mass is 258 g/mol. The molecule has 1 aromatic rings. The van der Waals surface area contributed by atoms with E-state index in [-0.39, 0.29) is 5.92 Å². The molecule has 19 heavy (non-hydrogen) atoms. The second-order valence-corrected chi connectivity index (χ2v) is 5.86. The standard InChI is InChI=1S/C16H22N2O/c1-17-8-10-18(11-9-17)12-14-7-6-13-4-2-3-5-15(13)16(14)19/h2-5,14H,6-12H2,1H3/t14-/m1/s1. The molecule has 0 amide bonds. The highest BCUT2D eigenvalue weighted by Gasteiger charge is 2.29. The van der Waals surface area contributed by atoms with E-state index in [2.05, 4.69) is 22.9 Å². The van der Waals surface area contributed by atoms with Crippen LogP contribution in [0.3, 0.4) is 0 Å². The minimum Gasteiger partial charge on any atom is -0.304 e. The number of rotatable bonds is 2. The number of likely N-dealkylation sites (N-methyl/N-ethyl adjacent to an activating group) is 1. The van der Waals surface area contributed by atoms with Crippen molar-refractivity contribution in [1.82, 2.24) is 9.80 Å². The second kappa shape index (κ2) is 5.43. The van der Waals surface area contributed by atoms with Crippen LogP contribution >= 0.6 is 0 Å². The zero-order chi connectivity index (χ0) is 13.2. The number of benzene rings is 1. The van der Waals surface area contributed by atoms with Gasteiger partial charge in [0.15, 0.2) is 5.78 Å². The van der Waals surface area contributed by atoms with Crippen LogP contribution in [0.1, 0.15) is 22.3 Å². The zero-order valence-corrected chi connectivity index (χ0v) is 11.6. The van der Waals surface area contributed by atoms with Crippen LogP contribution in [0, 0.1) is 5.92 Å². The molecular weight excluding hydrogens is 236 g/mol. The largest absolute Gasteiger partial charge is 0.304 e. The molecule has 1 atom stereocenters. The fourth-order valence-electron chi connectivity index (χ4n) is 3.18. The van der Waals surface area contributed by atoms with Crippen LogP contribution in [0.25, 0.3) is 0 Å². The molecular formula is C16H22N2O. The lowest BCUT2D eigenvalue weighted by Crippen LogP contribution is -2.47. The quantitative estimate of drug-likeness (QED) is 0.806. The van der Waals surface area contributed by atoms with Gasteiger partial charge in [0.25, 0.3) is 0 Å². The Labute approximate surface area is 115 Å². The van der Waals surface area contributed by atoms with E-state index in [0.717, 1.165) is 51.1 Å². The summed E-state index contributed by atoms with van der Waals surface area (Å²) in [5.41, 5.74) is 2.20. The number of nitrogens with zero attached hydrogens (tertiary/aromatic N) is 2. The summed E-state index contributed by atoms with van der Waals surface area (Å²) in [5.74, 6) is 0.569. The molecule has 1 aliphatic heterocycles. The lowest BCUT2D eigenvalue weighted by Gasteiger charge is -2.35. The molecule has 0 unspecified atom stereocenters. The van der Waals surface area contributed by atoms with E-state index in [1.165, 1.54) is 5.56 Å². The molecule has 102 valence electrons. The van der Waals surface area contributed by atoms with Crippen LogP contribution in [-0.4, -0.2) is 55.4 Å². The number of carbonyl (C=O) groups excluding carboxylic acids is 1. The van der Waals surface area contributed by atoms with Crippen LogP contribution in [0.4, 0.5) is 0 Å². The van der Waals surface area contributed by atoms with Crippen LogP contribution in [0.5, 0.6) is 0 Å². The Morgan fingerprint density at radius 1 is 1.16 bits per heavy atom. The second-order valence-electron chi connectivity index (χ2n) is 5.86. The van der Waals surface area contributed by atoms with E-state index in [1.54, 1.807) is 0 Å². The van der Waals surface area contributed by atoms with Gasteiger partial charge in [-0.15, -0.1) is 0 Å². The molecule has 3 nitrogen and oxygen atoms in total. The van der Waals surface area contributed by atoms with Crippen molar-refractivity contribution in [3.63, 3.8) is 0 Å². The molecule has 3 rings (SSSR count). The van der Waals surface area contributed by atoms with Gasteiger partial charge in [-0.2, -0.15) is 0 Å². The maximum atomic E-state index is 12.5. The highest BCUT2D eigenvalue weighted by atomic mass is 16.1. The molecule has 0 N–H and O–H groups in total. The molecule has 0 saturated carbocycles. The topological polar surface area (TPSA) is 23.6 Å². The van der Waals surface area contributed by atoms with Gasteiger partial charge in [-0.1, -0.05) is 24.3 Å². The van der Waals surface area contributed by atoms with Crippen molar-refractivity contribution in [1.29, 1.82) is 0 Å². The number of hydrogen-bond acceptors (Lipinski definition) is 3. The summed E-state index contributed by atoms with van der Waals surface area (Å²) in [6, 6.07) is 8.11. The number of carbonyl (C=O) groups is 1. The van der Waals surface area contributed by atoms with Crippen LogP contribution in [0.2, 0.25) is 0 Å². The van der Waals surface area contributed by atoms with Gasteiger partial charge in [-0.3, -0.25) is 4.79 Å². The Morgan fingerprint density at radius 3 is 2.68 bits per heavy atom. The van der Waals surface area contributed by atoms with Gasteiger partial charge in [0.1, 0.15) is 0 Å². The first kappa shape index (κ1) is 12.8. The molecule has 2 aliphatic rings. The van der Waals surface area contributed by atoms with Gasteiger partial charge in [-0.25, -0.2) is 0 Å². The first-order chi connectivity index (χ1) is 9.24. The number of Topliss-reactive ketones (excluding diaryl/α,β-unsaturated/α-hetero) is 1. The Kier molecular flexibility index (Phi) is 3.67. The number of ketones is 1. The average Bonchev–Trinajstić information content (AvgIpc) is 2.45. The maximum absolute atomic E-state index is 12.5. The molecule has 3 heteroatoms. The van der Waals surface area contributed by atoms with E-state index in [0.29, 0.717) is 5.78 Å². The third-order valence-corrected chi connectivity index (χ3v) is 4.49. The lowest BCUT2D eigenvalue weighted by molar-refractivity contribution is 0.0812. The molecule has 1 fully saturated rings. The van der Waals surface area contributed by atoms with Crippen molar-refractivity contribution in [2.24, 2.45) is 5.92 Å². The summed E-state index contributed by atoms with van der Waals surface area (Å²) in [6.45, 7) is 5.39. The van der Waals surface area contributed by atoms with Crippen molar-refractivity contribution in [2.45, 2.75) is 12.8 Å². The Balaban J connectivity index is 1.66. The number of aryl methyl sites for hydroxylation is 1. The fourth-order valence-corrected chi connectivity index (χ4v) is 3.18. The number of piperazine rings is 1. The first-order valence-electron chi connectivity index (χ1n) is 7.27. The smallest absolute Gasteiger partial charge is 0.167 e. The summed E-state index contributed by atoms with van der Waals surface area (Å²) in [4.78, 5) is 17.3. The Bertz CT molecular complexity index is 464. The molecule has 0 radical (unpaired) electrons. The molecule has 1 aliphatic carbocycles. The van der Waals surface area contributed by atoms with Gasteiger partial charge in [0.2, 0.25) is 0 Å². The third kappa shape index (κ3) is 2.72. The van der Waals surface area contributed by atoms with Crippen LogP contribution in [-0.2, 0) is 6.42 Å². The summed E-state index contributed by atoms with van der Waals surface area (Å²) in [7, 11) is 2.17. The molecule has 0 bridgehead atoms. The normalized spacial score (nSPS) is 25.3. The van der Waals surface area contributed by atoms with Crippen molar-refractivity contribution in [3.05, 3.63) is 35.4 Å². The van der Waals surface area contributed by atoms with Crippen molar-refractivity contribution in [2.75, 3.05) is 39.8 Å². The Hall–Kier alpha value is -1.19. The molecule has 1 aromatic carbocycles. The number of hydrogen-bond donors (Lipinski definition) is 0. The summed E-state index contributed by atoms with van der Waals surface area (Å²) in [6.07, 6.45) is 2.07. The van der Waals surface area contributed by atoms with Gasteiger partial charge >= 0.3 is 0 Å². The average molecular weight is 258 g/mol. The highest BCUT2D eigenvalue weighted by Crippen LogP contribution is 2.26. The molecule has 0 spiro atoms. The van der Waals surface area contributed by atoms with Gasteiger partial charge in [-0.05, 0) is 25.5 Å². The van der Waals surface area contributed by atoms with Crippen LogP contribution < -0.4 is 0 Å². The molecule has 0 aromatic heterocycles. The van der Waals surface area contributed by atoms with Crippen molar-refractivity contribution in [3.8, 4) is 0 Å². The molecule has 1 saturated heterocycles. The first-order valence-corrected chi connectivity index (χ1v) is 7.27. The van der Waals surface area contributed by atoms with E-state index in [9.17, 15) is 4.79 Å². The minimum atomic E-state index is 0.207. The summed E-state index contributed by atoms with van der Waals surface area (Å²) < 4.78 is 0. The Morgan fingerprint density at radius 2 is 1.89 bits per heavy atom. The zero-order valence-electron chi connectivity index (χ0n) is 11.6.